The number of carbonyl (C=O) groups is 1. The molecule has 0 heterocycles. The van der Waals surface area contributed by atoms with Gasteiger partial charge in [-0.2, -0.15) is 0 Å². The van der Waals surface area contributed by atoms with Gasteiger partial charge in [0.2, 0.25) is 5.91 Å². The molecule has 1 rings (SSSR count). The standard InChI is InChI=1S/C17H27ClN4O2/c1-17(2,15(23)19-3)12-21-16(20-4)22(5)10-11-24-14-8-6-13(18)7-9-14/h6-9H,10-12H2,1-5H3,(H,19,23)(H,20,21). The molecule has 0 unspecified atom stereocenters. The van der Waals surface area contributed by atoms with E-state index in [9.17, 15) is 4.79 Å². The molecule has 7 heteroatoms. The molecule has 0 aromatic heterocycles. The minimum atomic E-state index is -0.522. The van der Waals surface area contributed by atoms with Gasteiger partial charge in [0.15, 0.2) is 5.96 Å². The Hall–Kier alpha value is -1.95. The van der Waals surface area contributed by atoms with Crippen molar-refractivity contribution < 1.29 is 9.53 Å². The van der Waals surface area contributed by atoms with Crippen molar-refractivity contribution in [3.63, 3.8) is 0 Å². The van der Waals surface area contributed by atoms with E-state index in [2.05, 4.69) is 15.6 Å². The first-order valence-corrected chi connectivity index (χ1v) is 8.20. The van der Waals surface area contributed by atoms with Crippen molar-refractivity contribution in [1.29, 1.82) is 0 Å². The molecule has 0 radical (unpaired) electrons. The Kier molecular flexibility index (Phi) is 7.85. The zero-order valence-electron chi connectivity index (χ0n) is 15.0. The van der Waals surface area contributed by atoms with E-state index in [1.807, 2.05) is 37.9 Å². The van der Waals surface area contributed by atoms with Crippen molar-refractivity contribution in [2.24, 2.45) is 10.4 Å². The molecule has 0 bridgehead atoms. The van der Waals surface area contributed by atoms with Crippen LogP contribution in [0.2, 0.25) is 5.02 Å². The molecule has 24 heavy (non-hydrogen) atoms. The number of likely N-dealkylation sites (N-methyl/N-ethyl adjacent to an activating group) is 1. The van der Waals surface area contributed by atoms with Crippen LogP contribution in [0.3, 0.4) is 0 Å². The fraction of sp³-hybridized carbons (Fsp3) is 0.529. The molecule has 1 amide bonds. The van der Waals surface area contributed by atoms with E-state index in [-0.39, 0.29) is 5.91 Å². The lowest BCUT2D eigenvalue weighted by molar-refractivity contribution is -0.128. The van der Waals surface area contributed by atoms with E-state index < -0.39 is 5.41 Å². The number of carbonyl (C=O) groups excluding carboxylic acids is 1. The maximum atomic E-state index is 11.8. The van der Waals surface area contributed by atoms with Crippen LogP contribution in [0.25, 0.3) is 0 Å². The minimum Gasteiger partial charge on any atom is -0.492 e. The van der Waals surface area contributed by atoms with Crippen molar-refractivity contribution in [3.8, 4) is 5.75 Å². The van der Waals surface area contributed by atoms with E-state index in [1.54, 1.807) is 26.2 Å². The third-order valence-corrected chi connectivity index (χ3v) is 3.86. The maximum absolute atomic E-state index is 11.8. The molecule has 1 aromatic rings. The molecule has 0 spiro atoms. The van der Waals surface area contributed by atoms with Gasteiger partial charge in [-0.1, -0.05) is 11.6 Å². The smallest absolute Gasteiger partial charge is 0.227 e. The van der Waals surface area contributed by atoms with Gasteiger partial charge in [0.25, 0.3) is 0 Å². The Morgan fingerprint density at radius 3 is 2.50 bits per heavy atom. The molecule has 0 aliphatic carbocycles. The molecule has 0 saturated carbocycles. The zero-order valence-corrected chi connectivity index (χ0v) is 15.8. The van der Waals surface area contributed by atoms with E-state index in [4.69, 9.17) is 16.3 Å². The molecule has 2 N–H and O–H groups in total. The number of nitrogens with one attached hydrogen (secondary N) is 2. The predicted molar refractivity (Wildman–Crippen MR) is 98.8 cm³/mol. The van der Waals surface area contributed by atoms with Gasteiger partial charge < -0.3 is 20.3 Å². The number of hydrogen-bond acceptors (Lipinski definition) is 3. The minimum absolute atomic E-state index is 0.0147. The number of guanidine groups is 1. The Bertz CT molecular complexity index is 558. The molecule has 0 atom stereocenters. The van der Waals surface area contributed by atoms with Crippen LogP contribution in [0.1, 0.15) is 13.8 Å². The summed E-state index contributed by atoms with van der Waals surface area (Å²) in [5, 5.41) is 6.58. The van der Waals surface area contributed by atoms with E-state index >= 15 is 0 Å². The molecule has 0 fully saturated rings. The summed E-state index contributed by atoms with van der Waals surface area (Å²) in [6.07, 6.45) is 0. The molecular formula is C17H27ClN4O2. The highest BCUT2D eigenvalue weighted by Crippen LogP contribution is 2.15. The summed E-state index contributed by atoms with van der Waals surface area (Å²) in [7, 11) is 5.28. The monoisotopic (exact) mass is 354 g/mol. The number of aliphatic imine (C=N–C) groups is 1. The van der Waals surface area contributed by atoms with E-state index in [0.717, 1.165) is 5.75 Å². The van der Waals surface area contributed by atoms with Crippen LogP contribution in [0.15, 0.2) is 29.3 Å². The lowest BCUT2D eigenvalue weighted by Crippen LogP contribution is -2.48. The fourth-order valence-corrected chi connectivity index (χ4v) is 2.17. The lowest BCUT2D eigenvalue weighted by atomic mass is 9.92. The quantitative estimate of drug-likeness (QED) is 0.580. The van der Waals surface area contributed by atoms with Crippen LogP contribution in [-0.4, -0.2) is 57.6 Å². The second-order valence-electron chi connectivity index (χ2n) is 6.09. The van der Waals surface area contributed by atoms with Crippen LogP contribution in [0.5, 0.6) is 5.75 Å². The highest BCUT2D eigenvalue weighted by molar-refractivity contribution is 6.30. The molecule has 0 saturated heterocycles. The summed E-state index contributed by atoms with van der Waals surface area (Å²) in [6.45, 7) is 5.42. The number of rotatable bonds is 7. The molecule has 0 aliphatic heterocycles. The third kappa shape index (κ3) is 6.28. The van der Waals surface area contributed by atoms with Crippen molar-refractivity contribution in [2.45, 2.75) is 13.8 Å². The van der Waals surface area contributed by atoms with Crippen LogP contribution in [0, 0.1) is 5.41 Å². The van der Waals surface area contributed by atoms with Crippen LogP contribution in [0.4, 0.5) is 0 Å². The first-order valence-electron chi connectivity index (χ1n) is 7.82. The summed E-state index contributed by atoms with van der Waals surface area (Å²) in [4.78, 5) is 18.0. The first kappa shape index (κ1) is 20.1. The molecular weight excluding hydrogens is 328 g/mol. The molecule has 134 valence electrons. The highest BCUT2D eigenvalue weighted by Gasteiger charge is 2.27. The van der Waals surface area contributed by atoms with Gasteiger partial charge in [0, 0.05) is 32.7 Å². The Morgan fingerprint density at radius 2 is 1.96 bits per heavy atom. The average Bonchev–Trinajstić information content (AvgIpc) is 2.56. The van der Waals surface area contributed by atoms with E-state index in [0.29, 0.717) is 30.7 Å². The number of benzene rings is 1. The highest BCUT2D eigenvalue weighted by atomic mass is 35.5. The van der Waals surface area contributed by atoms with Gasteiger partial charge in [0.1, 0.15) is 12.4 Å². The normalized spacial score (nSPS) is 11.8. The average molecular weight is 355 g/mol. The molecule has 1 aromatic carbocycles. The number of halogens is 1. The molecule has 0 aliphatic rings. The van der Waals surface area contributed by atoms with Crippen LogP contribution in [-0.2, 0) is 4.79 Å². The van der Waals surface area contributed by atoms with Gasteiger partial charge >= 0.3 is 0 Å². The number of amides is 1. The maximum Gasteiger partial charge on any atom is 0.227 e. The van der Waals surface area contributed by atoms with Crippen molar-refractivity contribution in [2.75, 3.05) is 40.8 Å². The SMILES string of the molecule is CN=C(NCC(C)(C)C(=O)NC)N(C)CCOc1ccc(Cl)cc1. The summed E-state index contributed by atoms with van der Waals surface area (Å²) < 4.78 is 5.68. The summed E-state index contributed by atoms with van der Waals surface area (Å²) >= 11 is 5.84. The zero-order chi connectivity index (χ0) is 18.2. The Morgan fingerprint density at radius 1 is 1.33 bits per heavy atom. The number of ether oxygens (including phenoxy) is 1. The van der Waals surface area contributed by atoms with Crippen LogP contribution >= 0.6 is 11.6 Å². The second kappa shape index (κ2) is 9.37. The molecule has 6 nitrogen and oxygen atoms in total. The van der Waals surface area contributed by atoms with Crippen molar-refractivity contribution in [1.82, 2.24) is 15.5 Å². The van der Waals surface area contributed by atoms with Crippen LogP contribution < -0.4 is 15.4 Å². The number of hydrogen-bond donors (Lipinski definition) is 2. The topological polar surface area (TPSA) is 66.0 Å². The largest absolute Gasteiger partial charge is 0.492 e. The summed E-state index contributed by atoms with van der Waals surface area (Å²) in [6, 6.07) is 7.26. The lowest BCUT2D eigenvalue weighted by Gasteiger charge is -2.27. The predicted octanol–water partition coefficient (Wildman–Crippen LogP) is 2.00. The van der Waals surface area contributed by atoms with Crippen molar-refractivity contribution >= 4 is 23.5 Å². The summed E-state index contributed by atoms with van der Waals surface area (Å²) in [5.74, 6) is 1.47. The van der Waals surface area contributed by atoms with Gasteiger partial charge in [0.05, 0.1) is 12.0 Å². The van der Waals surface area contributed by atoms with Gasteiger partial charge in [-0.05, 0) is 38.1 Å². The first-order chi connectivity index (χ1) is 11.3. The van der Waals surface area contributed by atoms with E-state index in [1.165, 1.54) is 0 Å². The third-order valence-electron chi connectivity index (χ3n) is 3.61. The van der Waals surface area contributed by atoms with Gasteiger partial charge in [-0.3, -0.25) is 9.79 Å². The van der Waals surface area contributed by atoms with Gasteiger partial charge in [-0.25, -0.2) is 0 Å². The fourth-order valence-electron chi connectivity index (χ4n) is 2.04. The van der Waals surface area contributed by atoms with Gasteiger partial charge in [-0.15, -0.1) is 0 Å². The van der Waals surface area contributed by atoms with Crippen molar-refractivity contribution in [3.05, 3.63) is 29.3 Å². The summed E-state index contributed by atoms with van der Waals surface area (Å²) in [5.41, 5.74) is -0.522. The second-order valence-corrected chi connectivity index (χ2v) is 6.52. The Labute approximate surface area is 149 Å². The Balaban J connectivity index is 2.45. The number of nitrogens with zero attached hydrogens (tertiary/aromatic N) is 2.